The first-order chi connectivity index (χ1) is 11.2. The Balaban J connectivity index is 1.55. The number of amides is 1. The average molecular weight is 345 g/mol. The highest BCUT2D eigenvalue weighted by Gasteiger charge is 2.09. The molecule has 23 heavy (non-hydrogen) atoms. The lowest BCUT2D eigenvalue weighted by Gasteiger charge is -2.03. The van der Waals surface area contributed by atoms with Crippen molar-refractivity contribution in [3.8, 4) is 11.4 Å². The van der Waals surface area contributed by atoms with Crippen LogP contribution in [0.1, 0.15) is 15.5 Å². The van der Waals surface area contributed by atoms with Crippen LogP contribution in [0.4, 0.5) is 0 Å². The van der Waals surface area contributed by atoms with Crippen LogP contribution in [0, 0.1) is 0 Å². The summed E-state index contributed by atoms with van der Waals surface area (Å²) in [6, 6.07) is 10.7. The minimum atomic E-state index is -0.242. The van der Waals surface area contributed by atoms with Crippen molar-refractivity contribution in [1.82, 2.24) is 20.3 Å². The first-order valence-electron chi connectivity index (χ1n) is 6.99. The molecule has 7 heteroatoms. The number of rotatable bonds is 5. The van der Waals surface area contributed by atoms with Crippen LogP contribution in [0.25, 0.3) is 11.4 Å². The minimum absolute atomic E-state index is 0.242. The summed E-state index contributed by atoms with van der Waals surface area (Å²) in [5, 5.41) is 6.04. The predicted octanol–water partition coefficient (Wildman–Crippen LogP) is 3.23. The van der Waals surface area contributed by atoms with Crippen LogP contribution >= 0.6 is 22.9 Å². The van der Waals surface area contributed by atoms with Crippen LogP contribution < -0.4 is 5.32 Å². The van der Waals surface area contributed by atoms with E-state index in [1.54, 1.807) is 35.7 Å². The highest BCUT2D eigenvalue weighted by atomic mass is 35.5. The van der Waals surface area contributed by atoms with Gasteiger partial charge in [-0.05, 0) is 24.3 Å². The molecule has 3 heterocycles. The summed E-state index contributed by atoms with van der Waals surface area (Å²) in [5.74, 6) is -0.242. The van der Waals surface area contributed by atoms with Crippen molar-refractivity contribution in [2.45, 2.75) is 6.42 Å². The number of hydrogen-bond acceptors (Lipinski definition) is 5. The summed E-state index contributed by atoms with van der Waals surface area (Å²) >= 11 is 7.33. The fourth-order valence-corrected chi connectivity index (χ4v) is 2.92. The average Bonchev–Trinajstić information content (AvgIpc) is 3.04. The third-order valence-corrected chi connectivity index (χ3v) is 4.17. The summed E-state index contributed by atoms with van der Waals surface area (Å²) < 4.78 is 0. The van der Waals surface area contributed by atoms with E-state index in [2.05, 4.69) is 20.3 Å². The van der Waals surface area contributed by atoms with E-state index < -0.39 is 0 Å². The van der Waals surface area contributed by atoms with Gasteiger partial charge in [-0.1, -0.05) is 23.7 Å². The van der Waals surface area contributed by atoms with Gasteiger partial charge >= 0.3 is 0 Å². The molecule has 116 valence electrons. The lowest BCUT2D eigenvalue weighted by Crippen LogP contribution is -2.26. The Morgan fingerprint density at radius 3 is 2.83 bits per heavy atom. The van der Waals surface area contributed by atoms with Gasteiger partial charge in [0.15, 0.2) is 0 Å². The van der Waals surface area contributed by atoms with Crippen molar-refractivity contribution >= 4 is 28.8 Å². The molecule has 1 N–H and O–H groups in total. The van der Waals surface area contributed by atoms with Gasteiger partial charge in [0.2, 0.25) is 0 Å². The molecule has 3 aromatic rings. The molecular formula is C16H13ClN4OS. The second-order valence-corrected chi connectivity index (χ2v) is 6.02. The number of pyridine rings is 2. The van der Waals surface area contributed by atoms with Gasteiger partial charge < -0.3 is 5.32 Å². The molecule has 0 spiro atoms. The molecule has 1 amide bonds. The summed E-state index contributed by atoms with van der Waals surface area (Å²) in [4.78, 5) is 24.7. The standard InChI is InChI=1S/C16H13ClN4OS/c17-14-6-3-5-12(20-14)16(22)19-9-7-15-21-13(10-23-15)11-4-1-2-8-18-11/h1-6,8,10H,7,9H2,(H,19,22). The second-order valence-electron chi connectivity index (χ2n) is 4.69. The number of nitrogens with one attached hydrogen (secondary N) is 1. The molecule has 0 saturated heterocycles. The van der Waals surface area contributed by atoms with Gasteiger partial charge in [-0.3, -0.25) is 9.78 Å². The van der Waals surface area contributed by atoms with Crippen molar-refractivity contribution in [1.29, 1.82) is 0 Å². The maximum Gasteiger partial charge on any atom is 0.269 e. The van der Waals surface area contributed by atoms with Gasteiger partial charge in [-0.2, -0.15) is 0 Å². The van der Waals surface area contributed by atoms with Gasteiger partial charge in [0.05, 0.1) is 16.4 Å². The Hall–Kier alpha value is -2.31. The molecule has 0 fully saturated rings. The van der Waals surface area contributed by atoms with E-state index in [1.165, 1.54) is 0 Å². The van der Waals surface area contributed by atoms with Crippen LogP contribution in [0.3, 0.4) is 0 Å². The fourth-order valence-electron chi connectivity index (χ4n) is 1.97. The summed E-state index contributed by atoms with van der Waals surface area (Å²) in [5.41, 5.74) is 2.02. The van der Waals surface area contributed by atoms with Crippen LogP contribution in [0.5, 0.6) is 0 Å². The first-order valence-corrected chi connectivity index (χ1v) is 8.25. The molecule has 3 aromatic heterocycles. The molecule has 3 rings (SSSR count). The second kappa shape index (κ2) is 7.30. The molecule has 0 unspecified atom stereocenters. The van der Waals surface area contributed by atoms with Crippen LogP contribution in [0.15, 0.2) is 48.0 Å². The molecule has 0 radical (unpaired) electrons. The monoisotopic (exact) mass is 344 g/mol. The molecule has 5 nitrogen and oxygen atoms in total. The van der Waals surface area contributed by atoms with Crippen LogP contribution in [0.2, 0.25) is 5.15 Å². The SMILES string of the molecule is O=C(NCCc1nc(-c2ccccn2)cs1)c1cccc(Cl)n1. The zero-order chi connectivity index (χ0) is 16.1. The number of hydrogen-bond donors (Lipinski definition) is 1. The Kier molecular flexibility index (Phi) is 4.95. The maximum absolute atomic E-state index is 12.0. The third-order valence-electron chi connectivity index (χ3n) is 3.05. The lowest BCUT2D eigenvalue weighted by molar-refractivity contribution is 0.0949. The summed E-state index contributed by atoms with van der Waals surface area (Å²) in [7, 11) is 0. The van der Waals surface area contributed by atoms with Crippen molar-refractivity contribution in [3.63, 3.8) is 0 Å². The Labute approximate surface area is 142 Å². The summed E-state index contributed by atoms with van der Waals surface area (Å²) in [6.45, 7) is 0.488. The molecule has 0 bridgehead atoms. The normalized spacial score (nSPS) is 10.5. The number of carbonyl (C=O) groups excluding carboxylic acids is 1. The lowest BCUT2D eigenvalue weighted by atomic mass is 10.3. The van der Waals surface area contributed by atoms with Gasteiger partial charge in [-0.15, -0.1) is 11.3 Å². The van der Waals surface area contributed by atoms with E-state index in [9.17, 15) is 4.79 Å². The van der Waals surface area contributed by atoms with Gasteiger partial charge in [0, 0.05) is 24.5 Å². The smallest absolute Gasteiger partial charge is 0.269 e. The number of halogens is 1. The van der Waals surface area contributed by atoms with E-state index in [4.69, 9.17) is 11.6 Å². The minimum Gasteiger partial charge on any atom is -0.350 e. The number of aromatic nitrogens is 3. The van der Waals surface area contributed by atoms with E-state index in [1.807, 2.05) is 23.6 Å². The Bertz CT molecular complexity index is 807. The van der Waals surface area contributed by atoms with E-state index in [-0.39, 0.29) is 5.91 Å². The van der Waals surface area contributed by atoms with Crippen molar-refractivity contribution in [2.24, 2.45) is 0 Å². The van der Waals surface area contributed by atoms with Crippen molar-refractivity contribution < 1.29 is 4.79 Å². The van der Waals surface area contributed by atoms with E-state index in [0.29, 0.717) is 23.8 Å². The highest BCUT2D eigenvalue weighted by Crippen LogP contribution is 2.19. The highest BCUT2D eigenvalue weighted by molar-refractivity contribution is 7.09. The van der Waals surface area contributed by atoms with E-state index in [0.717, 1.165) is 16.4 Å². The van der Waals surface area contributed by atoms with Gasteiger partial charge in [0.25, 0.3) is 5.91 Å². The predicted molar refractivity (Wildman–Crippen MR) is 90.6 cm³/mol. The summed E-state index contributed by atoms with van der Waals surface area (Å²) in [6.07, 6.45) is 2.40. The fraction of sp³-hybridized carbons (Fsp3) is 0.125. The zero-order valence-electron chi connectivity index (χ0n) is 12.1. The van der Waals surface area contributed by atoms with Gasteiger partial charge in [-0.25, -0.2) is 9.97 Å². The molecule has 0 aliphatic heterocycles. The number of thiazole rings is 1. The molecule has 0 atom stereocenters. The largest absolute Gasteiger partial charge is 0.350 e. The number of carbonyl (C=O) groups is 1. The third kappa shape index (κ3) is 4.12. The molecule has 0 aliphatic carbocycles. The van der Waals surface area contributed by atoms with Crippen molar-refractivity contribution in [2.75, 3.05) is 6.54 Å². The molecule has 0 saturated carbocycles. The van der Waals surface area contributed by atoms with E-state index >= 15 is 0 Å². The molecule has 0 aliphatic rings. The maximum atomic E-state index is 12.0. The molecule has 0 aromatic carbocycles. The topological polar surface area (TPSA) is 67.8 Å². The van der Waals surface area contributed by atoms with Gasteiger partial charge in [0.1, 0.15) is 10.8 Å². The zero-order valence-corrected chi connectivity index (χ0v) is 13.6. The Morgan fingerprint density at radius 1 is 1.13 bits per heavy atom. The number of nitrogens with zero attached hydrogens (tertiary/aromatic N) is 3. The van der Waals surface area contributed by atoms with Crippen LogP contribution in [-0.4, -0.2) is 27.4 Å². The van der Waals surface area contributed by atoms with Crippen molar-refractivity contribution in [3.05, 3.63) is 63.8 Å². The Morgan fingerprint density at radius 2 is 2.04 bits per heavy atom. The van der Waals surface area contributed by atoms with Crippen LogP contribution in [-0.2, 0) is 6.42 Å². The quantitative estimate of drug-likeness (QED) is 0.721. The first kappa shape index (κ1) is 15.6. The molecular weight excluding hydrogens is 332 g/mol.